The van der Waals surface area contributed by atoms with Crippen molar-refractivity contribution < 1.29 is 9.59 Å². The first-order valence-corrected chi connectivity index (χ1v) is 5.64. The molecule has 3 N–H and O–H groups in total. The second-order valence-corrected chi connectivity index (χ2v) is 4.70. The maximum Gasteiger partial charge on any atom is 0.240 e. The van der Waals surface area contributed by atoms with Gasteiger partial charge in [-0.25, -0.2) is 0 Å². The van der Waals surface area contributed by atoms with E-state index in [2.05, 4.69) is 5.32 Å². The molecule has 1 saturated carbocycles. The number of primary amides is 1. The minimum absolute atomic E-state index is 0.284. The molecule has 1 fully saturated rings. The van der Waals surface area contributed by atoms with Crippen molar-refractivity contribution in [2.24, 2.45) is 11.1 Å². The van der Waals surface area contributed by atoms with Crippen LogP contribution in [0.2, 0.25) is 0 Å². The molecular weight excluding hydrogens is 216 g/mol. The Kier molecular flexibility index (Phi) is 2.65. The van der Waals surface area contributed by atoms with Crippen LogP contribution in [0.25, 0.3) is 0 Å². The second-order valence-electron chi connectivity index (χ2n) is 4.70. The topological polar surface area (TPSA) is 72.2 Å². The number of hydrogen-bond acceptors (Lipinski definition) is 2. The number of carbonyl (C=O) groups is 2. The van der Waals surface area contributed by atoms with Crippen LogP contribution in [0, 0.1) is 19.3 Å². The molecule has 1 aliphatic rings. The number of hydrogen-bond donors (Lipinski definition) is 2. The Balaban J connectivity index is 2.14. The molecule has 0 heterocycles. The summed E-state index contributed by atoms with van der Waals surface area (Å²) in [6.45, 7) is 3.98. The lowest BCUT2D eigenvalue weighted by Gasteiger charge is -2.12. The van der Waals surface area contributed by atoms with Gasteiger partial charge in [-0.3, -0.25) is 9.59 Å². The van der Waals surface area contributed by atoms with E-state index < -0.39 is 11.3 Å². The Bertz CT molecular complexity index is 490. The fourth-order valence-electron chi connectivity index (χ4n) is 1.78. The molecule has 2 rings (SSSR count). The summed E-state index contributed by atoms with van der Waals surface area (Å²) in [5, 5.41) is 2.75. The van der Waals surface area contributed by atoms with Gasteiger partial charge in [-0.2, -0.15) is 0 Å². The van der Waals surface area contributed by atoms with Gasteiger partial charge >= 0.3 is 0 Å². The highest BCUT2D eigenvalue weighted by molar-refractivity contribution is 6.12. The molecule has 0 atom stereocenters. The van der Waals surface area contributed by atoms with Gasteiger partial charge in [-0.15, -0.1) is 0 Å². The Morgan fingerprint density at radius 2 is 1.88 bits per heavy atom. The van der Waals surface area contributed by atoms with E-state index in [9.17, 15) is 9.59 Å². The fourth-order valence-corrected chi connectivity index (χ4v) is 1.78. The average Bonchev–Trinajstić information content (AvgIpc) is 3.04. The minimum Gasteiger partial charge on any atom is -0.369 e. The summed E-state index contributed by atoms with van der Waals surface area (Å²) >= 11 is 0. The maximum absolute atomic E-state index is 11.9. The molecule has 0 aromatic heterocycles. The summed E-state index contributed by atoms with van der Waals surface area (Å²) in [5.74, 6) is -0.813. The summed E-state index contributed by atoms with van der Waals surface area (Å²) in [6.07, 6.45) is 1.11. The van der Waals surface area contributed by atoms with Crippen molar-refractivity contribution >= 4 is 17.5 Å². The molecule has 17 heavy (non-hydrogen) atoms. The molecule has 90 valence electrons. The normalized spacial score (nSPS) is 16.4. The van der Waals surface area contributed by atoms with Crippen molar-refractivity contribution in [3.05, 3.63) is 29.3 Å². The molecule has 0 aliphatic heterocycles. The third-order valence-corrected chi connectivity index (χ3v) is 3.42. The Morgan fingerprint density at radius 1 is 1.24 bits per heavy atom. The number of carbonyl (C=O) groups excluding carboxylic acids is 2. The van der Waals surface area contributed by atoms with E-state index in [1.54, 1.807) is 0 Å². The SMILES string of the molecule is Cc1ccc(NC(=O)C2(C(N)=O)CC2)cc1C. The minimum atomic E-state index is -0.960. The van der Waals surface area contributed by atoms with Gasteiger partial charge < -0.3 is 11.1 Å². The van der Waals surface area contributed by atoms with Crippen molar-refractivity contribution in [3.8, 4) is 0 Å². The summed E-state index contributed by atoms with van der Waals surface area (Å²) in [5.41, 5.74) is 7.26. The molecule has 4 nitrogen and oxygen atoms in total. The van der Waals surface area contributed by atoms with Gasteiger partial charge in [0.1, 0.15) is 5.41 Å². The van der Waals surface area contributed by atoms with Gasteiger partial charge in [0, 0.05) is 5.69 Å². The van der Waals surface area contributed by atoms with Gasteiger partial charge in [0.25, 0.3) is 0 Å². The molecular formula is C13H16N2O2. The van der Waals surface area contributed by atoms with E-state index >= 15 is 0 Å². The highest BCUT2D eigenvalue weighted by Gasteiger charge is 2.55. The van der Waals surface area contributed by atoms with E-state index in [0.29, 0.717) is 18.5 Å². The van der Waals surface area contributed by atoms with E-state index in [4.69, 9.17) is 5.73 Å². The molecule has 0 unspecified atom stereocenters. The summed E-state index contributed by atoms with van der Waals surface area (Å²) in [6, 6.07) is 5.66. The molecule has 1 aromatic carbocycles. The van der Waals surface area contributed by atoms with Gasteiger partial charge in [0.05, 0.1) is 0 Å². The highest BCUT2D eigenvalue weighted by Crippen LogP contribution is 2.46. The first-order chi connectivity index (χ1) is 7.95. The van der Waals surface area contributed by atoms with E-state index in [-0.39, 0.29) is 5.91 Å². The van der Waals surface area contributed by atoms with Gasteiger partial charge in [0.2, 0.25) is 11.8 Å². The molecule has 1 aromatic rings. The van der Waals surface area contributed by atoms with E-state index in [0.717, 1.165) is 5.56 Å². The van der Waals surface area contributed by atoms with Crippen LogP contribution in [0.5, 0.6) is 0 Å². The number of anilines is 1. The van der Waals surface area contributed by atoms with Crippen LogP contribution in [0.15, 0.2) is 18.2 Å². The first-order valence-electron chi connectivity index (χ1n) is 5.64. The number of aryl methyl sites for hydroxylation is 2. The Morgan fingerprint density at radius 3 is 2.35 bits per heavy atom. The van der Waals surface area contributed by atoms with Crippen LogP contribution >= 0.6 is 0 Å². The van der Waals surface area contributed by atoms with Crippen LogP contribution < -0.4 is 11.1 Å². The van der Waals surface area contributed by atoms with Crippen LogP contribution in [-0.2, 0) is 9.59 Å². The zero-order valence-corrected chi connectivity index (χ0v) is 10.0. The predicted octanol–water partition coefficient (Wildman–Crippen LogP) is 1.51. The van der Waals surface area contributed by atoms with Gasteiger partial charge in [-0.1, -0.05) is 6.07 Å². The number of nitrogens with one attached hydrogen (secondary N) is 1. The Labute approximate surface area is 100 Å². The van der Waals surface area contributed by atoms with Crippen LogP contribution in [0.1, 0.15) is 24.0 Å². The van der Waals surface area contributed by atoms with Crippen LogP contribution in [0.3, 0.4) is 0 Å². The maximum atomic E-state index is 11.9. The van der Waals surface area contributed by atoms with E-state index in [1.165, 1.54) is 5.56 Å². The van der Waals surface area contributed by atoms with Crippen molar-refractivity contribution in [2.75, 3.05) is 5.32 Å². The first kappa shape index (κ1) is 11.6. The lowest BCUT2D eigenvalue weighted by Crippen LogP contribution is -2.36. The molecule has 0 saturated heterocycles. The van der Waals surface area contributed by atoms with Crippen molar-refractivity contribution in [1.82, 2.24) is 0 Å². The standard InChI is InChI=1S/C13H16N2O2/c1-8-3-4-10(7-9(8)2)15-12(17)13(5-6-13)11(14)16/h3-4,7H,5-6H2,1-2H3,(H2,14,16)(H,15,17). The fraction of sp³-hybridized carbons (Fsp3) is 0.385. The van der Waals surface area contributed by atoms with E-state index in [1.807, 2.05) is 32.0 Å². The molecule has 0 bridgehead atoms. The van der Waals surface area contributed by atoms with Gasteiger partial charge in [-0.05, 0) is 49.9 Å². The lowest BCUT2D eigenvalue weighted by molar-refractivity contribution is -0.132. The van der Waals surface area contributed by atoms with Crippen molar-refractivity contribution in [3.63, 3.8) is 0 Å². The number of rotatable bonds is 3. The average molecular weight is 232 g/mol. The molecule has 0 radical (unpaired) electrons. The third-order valence-electron chi connectivity index (χ3n) is 3.42. The number of nitrogens with two attached hydrogens (primary N) is 1. The third kappa shape index (κ3) is 2.02. The summed E-state index contributed by atoms with van der Waals surface area (Å²) < 4.78 is 0. The monoisotopic (exact) mass is 232 g/mol. The van der Waals surface area contributed by atoms with Crippen molar-refractivity contribution in [1.29, 1.82) is 0 Å². The summed E-state index contributed by atoms with van der Waals surface area (Å²) in [7, 11) is 0. The molecule has 1 aliphatic carbocycles. The Hall–Kier alpha value is -1.84. The van der Waals surface area contributed by atoms with Crippen molar-refractivity contribution in [2.45, 2.75) is 26.7 Å². The predicted molar refractivity (Wildman–Crippen MR) is 65.4 cm³/mol. The highest BCUT2D eigenvalue weighted by atomic mass is 16.2. The van der Waals surface area contributed by atoms with Crippen LogP contribution in [-0.4, -0.2) is 11.8 Å². The smallest absolute Gasteiger partial charge is 0.240 e. The summed E-state index contributed by atoms with van der Waals surface area (Å²) in [4.78, 5) is 23.1. The second kappa shape index (κ2) is 3.87. The largest absolute Gasteiger partial charge is 0.369 e. The molecule has 2 amide bonds. The number of amides is 2. The molecule has 0 spiro atoms. The molecule has 4 heteroatoms. The lowest BCUT2D eigenvalue weighted by atomic mass is 10.0. The zero-order chi connectivity index (χ0) is 12.6. The van der Waals surface area contributed by atoms with Gasteiger partial charge in [0.15, 0.2) is 0 Å². The zero-order valence-electron chi connectivity index (χ0n) is 10.0. The quantitative estimate of drug-likeness (QED) is 0.775. The van der Waals surface area contributed by atoms with Crippen LogP contribution in [0.4, 0.5) is 5.69 Å². The number of benzene rings is 1.